The normalized spacial score (nSPS) is 17.2. The summed E-state index contributed by atoms with van der Waals surface area (Å²) in [6.45, 7) is 6.51. The van der Waals surface area contributed by atoms with Crippen LogP contribution in [-0.2, 0) is 4.79 Å². The van der Waals surface area contributed by atoms with Crippen LogP contribution in [0.3, 0.4) is 0 Å². The summed E-state index contributed by atoms with van der Waals surface area (Å²) in [4.78, 5) is 15.0. The molecule has 32 heavy (non-hydrogen) atoms. The lowest BCUT2D eigenvalue weighted by Gasteiger charge is -2.33. The number of ether oxygens (including phenoxy) is 3. The smallest absolute Gasteiger partial charge is 0.244 e. The molecule has 6 heteroatoms. The average Bonchev–Trinajstić information content (AvgIpc) is 2.81. The largest absolute Gasteiger partial charge is 0.493 e. The zero-order valence-electron chi connectivity index (χ0n) is 19.7. The van der Waals surface area contributed by atoms with Crippen molar-refractivity contribution < 1.29 is 19.0 Å². The quantitative estimate of drug-likeness (QED) is 0.598. The summed E-state index contributed by atoms with van der Waals surface area (Å²) in [7, 11) is 4.69. The summed E-state index contributed by atoms with van der Waals surface area (Å²) >= 11 is 0. The lowest BCUT2D eigenvalue weighted by molar-refractivity contribution is -0.117. The van der Waals surface area contributed by atoms with Crippen molar-refractivity contribution in [2.45, 2.75) is 32.7 Å². The highest BCUT2D eigenvalue weighted by Gasteiger charge is 2.17. The van der Waals surface area contributed by atoms with Crippen LogP contribution in [-0.4, -0.2) is 40.3 Å². The van der Waals surface area contributed by atoms with E-state index in [4.69, 9.17) is 14.2 Å². The molecule has 172 valence electrons. The number of hydrogen-bond acceptors (Lipinski definition) is 5. The number of hydrogen-bond donors (Lipinski definition) is 1. The number of nitrogens with one attached hydrogen (secondary N) is 1. The summed E-state index contributed by atoms with van der Waals surface area (Å²) in [5, 5.41) is 3.03. The van der Waals surface area contributed by atoms with Gasteiger partial charge in [-0.25, -0.2) is 0 Å². The molecule has 1 amide bonds. The first-order valence-corrected chi connectivity index (χ1v) is 11.1. The van der Waals surface area contributed by atoms with Crippen LogP contribution in [0.5, 0.6) is 17.2 Å². The molecule has 6 nitrogen and oxygen atoms in total. The maximum absolute atomic E-state index is 12.5. The third-order valence-corrected chi connectivity index (χ3v) is 5.92. The molecule has 0 bridgehead atoms. The van der Waals surface area contributed by atoms with Crippen LogP contribution >= 0.6 is 0 Å². The molecular weight excluding hydrogens is 404 g/mol. The highest BCUT2D eigenvalue weighted by Crippen LogP contribution is 2.40. The summed E-state index contributed by atoms with van der Waals surface area (Å²) in [5.74, 6) is 2.14. The fraction of sp³-hybridized carbons (Fsp3) is 0.423. The lowest BCUT2D eigenvalue weighted by atomic mass is 9.99. The van der Waals surface area contributed by atoms with Crippen LogP contribution in [0.25, 0.3) is 6.08 Å². The lowest BCUT2D eigenvalue weighted by Crippen LogP contribution is -2.34. The number of nitrogens with zero attached hydrogens (tertiary/aromatic N) is 1. The fourth-order valence-corrected chi connectivity index (χ4v) is 4.16. The summed E-state index contributed by atoms with van der Waals surface area (Å²) < 4.78 is 16.2. The van der Waals surface area contributed by atoms with Gasteiger partial charge in [0.15, 0.2) is 11.5 Å². The van der Waals surface area contributed by atoms with E-state index in [1.807, 2.05) is 13.0 Å². The van der Waals surface area contributed by atoms with Crippen molar-refractivity contribution in [3.8, 4) is 17.2 Å². The number of carbonyl (C=O) groups excluding carboxylic acids is 1. The Labute approximate surface area is 191 Å². The van der Waals surface area contributed by atoms with Crippen molar-refractivity contribution in [2.75, 3.05) is 39.3 Å². The zero-order chi connectivity index (χ0) is 23.1. The monoisotopic (exact) mass is 438 g/mol. The number of methoxy groups -OCH3 is 3. The molecule has 0 aliphatic carbocycles. The predicted molar refractivity (Wildman–Crippen MR) is 129 cm³/mol. The number of carbonyl (C=O) groups is 1. The van der Waals surface area contributed by atoms with E-state index in [2.05, 4.69) is 41.4 Å². The van der Waals surface area contributed by atoms with Crippen molar-refractivity contribution >= 4 is 17.7 Å². The van der Waals surface area contributed by atoms with E-state index in [-0.39, 0.29) is 11.9 Å². The van der Waals surface area contributed by atoms with Crippen molar-refractivity contribution in [1.82, 2.24) is 5.32 Å². The SMILES string of the molecule is COc1ccc(/C=C/C(=O)NC(C)c2ccc(N3CCCC(C)C3)cc2)c(OC)c1OC. The first-order chi connectivity index (χ1) is 15.5. The topological polar surface area (TPSA) is 60.0 Å². The summed E-state index contributed by atoms with van der Waals surface area (Å²) in [6, 6.07) is 12.0. The van der Waals surface area contributed by atoms with Crippen molar-refractivity contribution in [3.05, 3.63) is 53.6 Å². The standard InChI is InChI=1S/C26H34N2O4/c1-18-7-6-16-28(17-18)22-12-8-20(9-13-22)19(2)27-24(29)15-11-21-10-14-23(30-3)26(32-5)25(21)31-4/h8-15,18-19H,6-7,16-17H2,1-5H3,(H,27,29)/b15-11+. The second kappa shape index (κ2) is 10.9. The maximum Gasteiger partial charge on any atom is 0.244 e. The Kier molecular flexibility index (Phi) is 8.03. The molecule has 1 N–H and O–H groups in total. The van der Waals surface area contributed by atoms with E-state index in [0.717, 1.165) is 30.1 Å². The van der Waals surface area contributed by atoms with Crippen LogP contribution in [0.15, 0.2) is 42.5 Å². The Morgan fingerprint density at radius 2 is 1.78 bits per heavy atom. The molecule has 2 aromatic carbocycles. The van der Waals surface area contributed by atoms with Gasteiger partial charge >= 0.3 is 0 Å². The molecular formula is C26H34N2O4. The minimum atomic E-state index is -0.178. The highest BCUT2D eigenvalue weighted by molar-refractivity contribution is 5.92. The van der Waals surface area contributed by atoms with Gasteiger partial charge in [-0.05, 0) is 61.6 Å². The number of benzene rings is 2. The van der Waals surface area contributed by atoms with Gasteiger partial charge in [0, 0.05) is 30.4 Å². The van der Waals surface area contributed by atoms with Crippen LogP contribution in [0, 0.1) is 5.92 Å². The van der Waals surface area contributed by atoms with Crippen LogP contribution < -0.4 is 24.4 Å². The van der Waals surface area contributed by atoms with Crippen LogP contribution in [0.1, 0.15) is 43.9 Å². The Bertz CT molecular complexity index is 940. The first-order valence-electron chi connectivity index (χ1n) is 11.1. The third-order valence-electron chi connectivity index (χ3n) is 5.92. The Morgan fingerprint density at radius 3 is 2.41 bits per heavy atom. The van der Waals surface area contributed by atoms with E-state index < -0.39 is 0 Å². The van der Waals surface area contributed by atoms with Gasteiger partial charge in [0.05, 0.1) is 27.4 Å². The van der Waals surface area contributed by atoms with Gasteiger partial charge in [-0.2, -0.15) is 0 Å². The van der Waals surface area contributed by atoms with Crippen molar-refractivity contribution in [2.24, 2.45) is 5.92 Å². The van der Waals surface area contributed by atoms with Gasteiger partial charge in [0.1, 0.15) is 0 Å². The molecule has 1 aliphatic heterocycles. The molecule has 1 heterocycles. The first kappa shape index (κ1) is 23.5. The number of amides is 1. The molecule has 1 aliphatic rings. The fourth-order valence-electron chi connectivity index (χ4n) is 4.16. The van der Waals surface area contributed by atoms with Gasteiger partial charge in [-0.15, -0.1) is 0 Å². The van der Waals surface area contributed by atoms with Gasteiger partial charge in [-0.3, -0.25) is 4.79 Å². The van der Waals surface area contributed by atoms with E-state index in [9.17, 15) is 4.79 Å². The van der Waals surface area contributed by atoms with Gasteiger partial charge in [0.25, 0.3) is 0 Å². The van der Waals surface area contributed by atoms with E-state index in [0.29, 0.717) is 17.2 Å². The minimum Gasteiger partial charge on any atom is -0.493 e. The van der Waals surface area contributed by atoms with E-state index in [1.54, 1.807) is 33.5 Å². The number of rotatable bonds is 8. The molecule has 2 unspecified atom stereocenters. The summed E-state index contributed by atoms with van der Waals surface area (Å²) in [5.41, 5.74) is 3.05. The molecule has 0 radical (unpaired) electrons. The van der Waals surface area contributed by atoms with E-state index in [1.165, 1.54) is 24.6 Å². The highest BCUT2D eigenvalue weighted by atomic mass is 16.5. The Balaban J connectivity index is 1.64. The molecule has 1 saturated heterocycles. The maximum atomic E-state index is 12.5. The van der Waals surface area contributed by atoms with Gasteiger partial charge in [-0.1, -0.05) is 19.1 Å². The van der Waals surface area contributed by atoms with Gasteiger partial charge in [0.2, 0.25) is 11.7 Å². The van der Waals surface area contributed by atoms with Crippen molar-refractivity contribution in [3.63, 3.8) is 0 Å². The Morgan fingerprint density at radius 1 is 1.06 bits per heavy atom. The van der Waals surface area contributed by atoms with Crippen LogP contribution in [0.4, 0.5) is 5.69 Å². The second-order valence-electron chi connectivity index (χ2n) is 8.27. The molecule has 2 aromatic rings. The van der Waals surface area contributed by atoms with Gasteiger partial charge < -0.3 is 24.4 Å². The molecule has 1 fully saturated rings. The predicted octanol–water partition coefficient (Wildman–Crippen LogP) is 4.84. The summed E-state index contributed by atoms with van der Waals surface area (Å²) in [6.07, 6.45) is 5.76. The molecule has 0 spiro atoms. The van der Waals surface area contributed by atoms with Crippen molar-refractivity contribution in [1.29, 1.82) is 0 Å². The minimum absolute atomic E-state index is 0.103. The second-order valence-corrected chi connectivity index (χ2v) is 8.27. The third kappa shape index (κ3) is 5.55. The van der Waals surface area contributed by atoms with E-state index >= 15 is 0 Å². The number of anilines is 1. The Hall–Kier alpha value is -3.15. The van der Waals surface area contributed by atoms with Crippen LogP contribution in [0.2, 0.25) is 0 Å². The molecule has 2 atom stereocenters. The zero-order valence-corrected chi connectivity index (χ0v) is 19.7. The average molecular weight is 439 g/mol. The molecule has 0 saturated carbocycles. The molecule has 3 rings (SSSR count). The number of piperidine rings is 1. The molecule has 0 aromatic heterocycles.